The van der Waals surface area contributed by atoms with E-state index in [0.29, 0.717) is 19.6 Å². The fourth-order valence-corrected chi connectivity index (χ4v) is 1.63. The van der Waals surface area contributed by atoms with Gasteiger partial charge in [-0.25, -0.2) is 9.59 Å². The van der Waals surface area contributed by atoms with Crippen LogP contribution in [0.2, 0.25) is 0 Å². The zero-order valence-corrected chi connectivity index (χ0v) is 13.6. The maximum absolute atomic E-state index is 11.6. The summed E-state index contributed by atoms with van der Waals surface area (Å²) in [5.41, 5.74) is 0.545. The van der Waals surface area contributed by atoms with Crippen LogP contribution >= 0.6 is 0 Å². The van der Waals surface area contributed by atoms with Gasteiger partial charge in [-0.2, -0.15) is 0 Å². The van der Waals surface area contributed by atoms with E-state index in [0.717, 1.165) is 5.56 Å². The molecule has 7 heteroatoms. The number of aromatic carboxylic acids is 1. The first kappa shape index (κ1) is 18.5. The van der Waals surface area contributed by atoms with Crippen molar-refractivity contribution in [3.63, 3.8) is 0 Å². The fraction of sp³-hybridized carbons (Fsp3) is 0.438. The Morgan fingerprint density at radius 2 is 1.52 bits per heavy atom. The van der Waals surface area contributed by atoms with Gasteiger partial charge in [0.05, 0.1) is 5.56 Å². The van der Waals surface area contributed by atoms with Gasteiger partial charge >= 0.3 is 12.0 Å². The molecule has 126 valence electrons. The van der Waals surface area contributed by atoms with E-state index in [-0.39, 0.29) is 17.5 Å². The molecule has 4 N–H and O–H groups in total. The molecule has 0 unspecified atom stereocenters. The zero-order valence-electron chi connectivity index (χ0n) is 13.6. The van der Waals surface area contributed by atoms with Crippen LogP contribution in [0.3, 0.4) is 0 Å². The van der Waals surface area contributed by atoms with Crippen LogP contribution in [-0.4, -0.2) is 36.1 Å². The number of carbonyl (C=O) groups excluding carboxylic acids is 2. The quantitative estimate of drug-likeness (QED) is 0.593. The van der Waals surface area contributed by atoms with Gasteiger partial charge in [0, 0.05) is 25.0 Å². The number of carboxylic acid groups (broad SMARTS) is 1. The summed E-state index contributed by atoms with van der Waals surface area (Å²) >= 11 is 0. The van der Waals surface area contributed by atoms with Crippen molar-refractivity contribution in [1.29, 1.82) is 0 Å². The Bertz CT molecular complexity index is 562. The first-order valence-electron chi connectivity index (χ1n) is 7.32. The Labute approximate surface area is 135 Å². The second-order valence-electron chi connectivity index (χ2n) is 6.12. The number of carboxylic acids is 1. The molecule has 7 nitrogen and oxygen atoms in total. The summed E-state index contributed by atoms with van der Waals surface area (Å²) < 4.78 is 0. The molecule has 0 spiro atoms. The SMILES string of the molecule is CC(C)(C)C(=O)NCCNC(=O)NCc1ccc(C(=O)O)cc1. The lowest BCUT2D eigenvalue weighted by Crippen LogP contribution is -2.42. The van der Waals surface area contributed by atoms with Crippen molar-refractivity contribution in [3.8, 4) is 0 Å². The lowest BCUT2D eigenvalue weighted by atomic mass is 9.96. The Hall–Kier alpha value is -2.57. The molecule has 0 aliphatic carbocycles. The van der Waals surface area contributed by atoms with Crippen molar-refractivity contribution in [2.24, 2.45) is 5.41 Å². The van der Waals surface area contributed by atoms with Crippen LogP contribution in [0.1, 0.15) is 36.7 Å². The van der Waals surface area contributed by atoms with E-state index in [4.69, 9.17) is 5.11 Å². The summed E-state index contributed by atoms with van der Waals surface area (Å²) in [6.07, 6.45) is 0. The lowest BCUT2D eigenvalue weighted by molar-refractivity contribution is -0.128. The fourth-order valence-electron chi connectivity index (χ4n) is 1.63. The third-order valence-corrected chi connectivity index (χ3v) is 3.03. The normalized spacial score (nSPS) is 10.7. The number of hydrogen-bond acceptors (Lipinski definition) is 3. The molecule has 1 aromatic carbocycles. The van der Waals surface area contributed by atoms with E-state index in [1.807, 2.05) is 20.8 Å². The molecular weight excluding hydrogens is 298 g/mol. The van der Waals surface area contributed by atoms with Gasteiger partial charge < -0.3 is 21.1 Å². The van der Waals surface area contributed by atoms with Crippen LogP contribution in [0, 0.1) is 5.41 Å². The van der Waals surface area contributed by atoms with E-state index in [1.54, 1.807) is 12.1 Å². The molecule has 0 aromatic heterocycles. The van der Waals surface area contributed by atoms with Crippen molar-refractivity contribution < 1.29 is 19.5 Å². The maximum Gasteiger partial charge on any atom is 0.335 e. The number of hydrogen-bond donors (Lipinski definition) is 4. The highest BCUT2D eigenvalue weighted by Gasteiger charge is 2.20. The molecule has 0 saturated carbocycles. The molecule has 0 aliphatic heterocycles. The molecule has 1 rings (SSSR count). The Morgan fingerprint density at radius 1 is 0.957 bits per heavy atom. The standard InChI is InChI=1S/C16H23N3O4/c1-16(2,3)14(22)17-8-9-18-15(23)19-10-11-4-6-12(7-5-11)13(20)21/h4-7H,8-10H2,1-3H3,(H,17,22)(H,20,21)(H2,18,19,23). The molecular formula is C16H23N3O4. The van der Waals surface area contributed by atoms with Crippen molar-refractivity contribution in [1.82, 2.24) is 16.0 Å². The van der Waals surface area contributed by atoms with Gasteiger partial charge in [-0.05, 0) is 17.7 Å². The van der Waals surface area contributed by atoms with E-state index in [1.165, 1.54) is 12.1 Å². The Morgan fingerprint density at radius 3 is 2.04 bits per heavy atom. The Balaban J connectivity index is 2.24. The molecule has 0 radical (unpaired) electrons. The first-order chi connectivity index (χ1) is 10.7. The predicted molar refractivity (Wildman–Crippen MR) is 86.1 cm³/mol. The van der Waals surface area contributed by atoms with Gasteiger partial charge in [-0.1, -0.05) is 32.9 Å². The number of nitrogens with one attached hydrogen (secondary N) is 3. The topological polar surface area (TPSA) is 108 Å². The van der Waals surface area contributed by atoms with Gasteiger partial charge in [0.25, 0.3) is 0 Å². The first-order valence-corrected chi connectivity index (χ1v) is 7.32. The minimum atomic E-state index is -0.987. The van der Waals surface area contributed by atoms with E-state index in [2.05, 4.69) is 16.0 Å². The van der Waals surface area contributed by atoms with Crippen molar-refractivity contribution in [2.75, 3.05) is 13.1 Å². The highest BCUT2D eigenvalue weighted by Crippen LogP contribution is 2.11. The minimum absolute atomic E-state index is 0.0711. The molecule has 0 heterocycles. The van der Waals surface area contributed by atoms with Crippen LogP contribution < -0.4 is 16.0 Å². The predicted octanol–water partition coefficient (Wildman–Crippen LogP) is 1.35. The average molecular weight is 321 g/mol. The monoisotopic (exact) mass is 321 g/mol. The summed E-state index contributed by atoms with van der Waals surface area (Å²) in [6, 6.07) is 5.91. The molecule has 0 fully saturated rings. The minimum Gasteiger partial charge on any atom is -0.478 e. The highest BCUT2D eigenvalue weighted by atomic mass is 16.4. The number of urea groups is 1. The number of carbonyl (C=O) groups is 3. The van der Waals surface area contributed by atoms with Gasteiger partial charge in [-0.3, -0.25) is 4.79 Å². The largest absolute Gasteiger partial charge is 0.478 e. The summed E-state index contributed by atoms with van der Waals surface area (Å²) in [4.78, 5) is 33.9. The maximum atomic E-state index is 11.6. The second kappa shape index (κ2) is 8.17. The molecule has 0 saturated heterocycles. The Kier molecular flexibility index (Phi) is 6.56. The van der Waals surface area contributed by atoms with Gasteiger partial charge in [0.2, 0.25) is 5.91 Å². The van der Waals surface area contributed by atoms with Crippen LogP contribution in [0.25, 0.3) is 0 Å². The van der Waals surface area contributed by atoms with Gasteiger partial charge in [0.1, 0.15) is 0 Å². The molecule has 0 bridgehead atoms. The highest BCUT2D eigenvalue weighted by molar-refractivity contribution is 5.87. The average Bonchev–Trinajstić information content (AvgIpc) is 2.48. The number of amides is 3. The summed E-state index contributed by atoms with van der Waals surface area (Å²) in [5, 5.41) is 16.8. The van der Waals surface area contributed by atoms with E-state index >= 15 is 0 Å². The summed E-state index contributed by atoms with van der Waals surface area (Å²) in [7, 11) is 0. The van der Waals surface area contributed by atoms with Crippen LogP contribution in [0.15, 0.2) is 24.3 Å². The second-order valence-corrected chi connectivity index (χ2v) is 6.12. The number of rotatable bonds is 6. The molecule has 0 aliphatic rings. The molecule has 3 amide bonds. The smallest absolute Gasteiger partial charge is 0.335 e. The van der Waals surface area contributed by atoms with Crippen molar-refractivity contribution in [2.45, 2.75) is 27.3 Å². The summed E-state index contributed by atoms with van der Waals surface area (Å²) in [6.45, 7) is 6.43. The number of benzene rings is 1. The van der Waals surface area contributed by atoms with E-state index < -0.39 is 11.4 Å². The van der Waals surface area contributed by atoms with Crippen LogP contribution in [0.5, 0.6) is 0 Å². The van der Waals surface area contributed by atoms with Crippen LogP contribution in [0.4, 0.5) is 4.79 Å². The van der Waals surface area contributed by atoms with Crippen molar-refractivity contribution >= 4 is 17.9 Å². The third kappa shape index (κ3) is 6.82. The van der Waals surface area contributed by atoms with Gasteiger partial charge in [-0.15, -0.1) is 0 Å². The van der Waals surface area contributed by atoms with Crippen molar-refractivity contribution in [3.05, 3.63) is 35.4 Å². The van der Waals surface area contributed by atoms with E-state index in [9.17, 15) is 14.4 Å². The molecule has 23 heavy (non-hydrogen) atoms. The lowest BCUT2D eigenvalue weighted by Gasteiger charge is -2.17. The van der Waals surface area contributed by atoms with Crippen LogP contribution in [-0.2, 0) is 11.3 Å². The third-order valence-electron chi connectivity index (χ3n) is 3.03. The molecule has 0 atom stereocenters. The van der Waals surface area contributed by atoms with Gasteiger partial charge in [0.15, 0.2) is 0 Å². The zero-order chi connectivity index (χ0) is 17.5. The summed E-state index contributed by atoms with van der Waals surface area (Å²) in [5.74, 6) is -1.06. The molecule has 1 aromatic rings.